The Kier molecular flexibility index (Phi) is 7.50. The van der Waals surface area contributed by atoms with Gasteiger partial charge in [0.15, 0.2) is 0 Å². The number of cyclic esters (lactones) is 1. The van der Waals surface area contributed by atoms with Gasteiger partial charge in [0.1, 0.15) is 18.4 Å². The highest BCUT2D eigenvalue weighted by Gasteiger charge is 2.42. The minimum Gasteiger partial charge on any atom is -0.494 e. The van der Waals surface area contributed by atoms with E-state index in [-0.39, 0.29) is 30.4 Å². The molecule has 0 radical (unpaired) electrons. The van der Waals surface area contributed by atoms with Crippen molar-refractivity contribution in [2.75, 3.05) is 13.2 Å². The highest BCUT2D eigenvalue weighted by atomic mass is 16.6. The van der Waals surface area contributed by atoms with Crippen LogP contribution in [0.2, 0.25) is 0 Å². The van der Waals surface area contributed by atoms with Crippen molar-refractivity contribution in [2.45, 2.75) is 52.0 Å². The first kappa shape index (κ1) is 21.9. The van der Waals surface area contributed by atoms with Crippen molar-refractivity contribution in [2.24, 2.45) is 5.92 Å². The summed E-state index contributed by atoms with van der Waals surface area (Å²) in [5.41, 5.74) is 1.96. The van der Waals surface area contributed by atoms with Gasteiger partial charge in [-0.1, -0.05) is 69.7 Å². The average molecular weight is 410 g/mol. The van der Waals surface area contributed by atoms with Crippen LogP contribution in [0.25, 0.3) is 0 Å². The first-order valence-corrected chi connectivity index (χ1v) is 10.8. The number of rotatable bonds is 9. The fraction of sp³-hybridized carbons (Fsp3) is 0.440. The summed E-state index contributed by atoms with van der Waals surface area (Å²) in [4.78, 5) is 27.1. The zero-order valence-corrected chi connectivity index (χ0v) is 18.0. The Bertz CT molecular complexity index is 851. The number of unbranched alkanes of at least 4 members (excludes halogenated alkanes) is 1. The largest absolute Gasteiger partial charge is 0.494 e. The second-order valence-electron chi connectivity index (χ2n) is 7.79. The molecule has 2 amide bonds. The van der Waals surface area contributed by atoms with Crippen molar-refractivity contribution in [3.05, 3.63) is 65.7 Å². The molecule has 2 aromatic carbocycles. The molecule has 0 N–H and O–H groups in total. The maximum Gasteiger partial charge on any atom is 0.417 e. The number of carbonyl (C=O) groups is 2. The van der Waals surface area contributed by atoms with E-state index in [1.54, 1.807) is 0 Å². The zero-order chi connectivity index (χ0) is 21.5. The molecule has 5 nitrogen and oxygen atoms in total. The van der Waals surface area contributed by atoms with Crippen LogP contribution in [0.15, 0.2) is 54.6 Å². The molecule has 1 fully saturated rings. The third-order valence-electron chi connectivity index (χ3n) is 5.78. The fourth-order valence-electron chi connectivity index (χ4n) is 4.02. The topological polar surface area (TPSA) is 55.8 Å². The normalized spacial score (nSPS) is 18.0. The van der Waals surface area contributed by atoms with Gasteiger partial charge in [-0.2, -0.15) is 0 Å². The summed E-state index contributed by atoms with van der Waals surface area (Å²) in [7, 11) is 0. The van der Waals surface area contributed by atoms with Gasteiger partial charge in [0.05, 0.1) is 6.61 Å². The third-order valence-corrected chi connectivity index (χ3v) is 5.78. The van der Waals surface area contributed by atoms with Crippen molar-refractivity contribution < 1.29 is 19.1 Å². The van der Waals surface area contributed by atoms with Crippen LogP contribution in [0.1, 0.15) is 63.1 Å². The van der Waals surface area contributed by atoms with E-state index in [0.29, 0.717) is 6.61 Å². The second kappa shape index (κ2) is 10.3. The number of hydrogen-bond acceptors (Lipinski definition) is 4. The van der Waals surface area contributed by atoms with Crippen LogP contribution in [-0.2, 0) is 9.53 Å². The zero-order valence-electron chi connectivity index (χ0n) is 18.0. The lowest BCUT2D eigenvalue weighted by atomic mass is 9.84. The number of imide groups is 1. The predicted octanol–water partition coefficient (Wildman–Crippen LogP) is 5.72. The quantitative estimate of drug-likeness (QED) is 0.497. The van der Waals surface area contributed by atoms with Crippen LogP contribution in [-0.4, -0.2) is 30.1 Å². The SMILES string of the molecule is CCCCOc1cccc([C@H](CC)[C@@H](C)C(=O)N2C(=O)OC[C@H]2c2ccccc2)c1. The lowest BCUT2D eigenvalue weighted by Crippen LogP contribution is -2.39. The molecule has 3 atom stereocenters. The van der Waals surface area contributed by atoms with Gasteiger partial charge in [-0.15, -0.1) is 0 Å². The molecule has 1 saturated heterocycles. The fourth-order valence-corrected chi connectivity index (χ4v) is 4.02. The smallest absolute Gasteiger partial charge is 0.417 e. The van der Waals surface area contributed by atoms with Crippen LogP contribution >= 0.6 is 0 Å². The minimum absolute atomic E-state index is 0.0166. The van der Waals surface area contributed by atoms with Crippen molar-refractivity contribution in [1.82, 2.24) is 4.90 Å². The molecule has 0 spiro atoms. The lowest BCUT2D eigenvalue weighted by Gasteiger charge is -2.28. The summed E-state index contributed by atoms with van der Waals surface area (Å²) < 4.78 is 11.1. The molecule has 2 aromatic rings. The van der Waals surface area contributed by atoms with E-state index < -0.39 is 6.09 Å². The summed E-state index contributed by atoms with van der Waals surface area (Å²) >= 11 is 0. The van der Waals surface area contributed by atoms with Crippen molar-refractivity contribution in [3.8, 4) is 5.75 Å². The van der Waals surface area contributed by atoms with Crippen LogP contribution in [0.4, 0.5) is 4.79 Å². The Morgan fingerprint density at radius 3 is 2.63 bits per heavy atom. The summed E-state index contributed by atoms with van der Waals surface area (Å²) in [6, 6.07) is 17.2. The molecule has 0 aliphatic carbocycles. The number of amides is 2. The standard InChI is InChI=1S/C25H31NO4/c1-4-6-15-29-21-14-10-13-20(16-21)22(5-2)18(3)24(27)26-23(17-30-25(26)28)19-11-8-7-9-12-19/h7-14,16,18,22-23H,4-6,15,17H2,1-3H3/t18-,22-,23+/m1/s1. The number of benzene rings is 2. The summed E-state index contributed by atoms with van der Waals surface area (Å²) in [5.74, 6) is 0.243. The van der Waals surface area contributed by atoms with Crippen molar-refractivity contribution >= 4 is 12.0 Å². The van der Waals surface area contributed by atoms with Crippen molar-refractivity contribution in [1.29, 1.82) is 0 Å². The Labute approximate surface area is 179 Å². The highest BCUT2D eigenvalue weighted by Crippen LogP contribution is 2.35. The average Bonchev–Trinajstić information content (AvgIpc) is 3.16. The maximum atomic E-state index is 13.4. The monoisotopic (exact) mass is 409 g/mol. The van der Waals surface area contributed by atoms with E-state index in [2.05, 4.69) is 13.8 Å². The van der Waals surface area contributed by atoms with Gasteiger partial charge in [-0.05, 0) is 42.0 Å². The van der Waals surface area contributed by atoms with Crippen LogP contribution in [0.3, 0.4) is 0 Å². The molecular formula is C25H31NO4. The summed E-state index contributed by atoms with van der Waals surface area (Å²) in [5, 5.41) is 0. The minimum atomic E-state index is -0.563. The molecule has 5 heteroatoms. The van der Waals surface area contributed by atoms with E-state index in [1.165, 1.54) is 4.90 Å². The molecule has 0 unspecified atom stereocenters. The molecule has 1 heterocycles. The molecule has 0 bridgehead atoms. The van der Waals surface area contributed by atoms with Crippen LogP contribution in [0, 0.1) is 5.92 Å². The molecule has 30 heavy (non-hydrogen) atoms. The van der Waals surface area contributed by atoms with E-state index in [9.17, 15) is 9.59 Å². The van der Waals surface area contributed by atoms with Gasteiger partial charge in [-0.25, -0.2) is 9.69 Å². The molecular weight excluding hydrogens is 378 g/mol. The summed E-state index contributed by atoms with van der Waals surface area (Å²) in [6.45, 7) is 6.97. The first-order chi connectivity index (χ1) is 14.6. The molecule has 160 valence electrons. The number of carbonyl (C=O) groups excluding carboxylic acids is 2. The number of nitrogens with zero attached hydrogens (tertiary/aromatic N) is 1. The summed E-state index contributed by atoms with van der Waals surface area (Å²) in [6.07, 6.45) is 2.31. The molecule has 1 aliphatic rings. The van der Waals surface area contributed by atoms with Gasteiger partial charge >= 0.3 is 6.09 Å². The van der Waals surface area contributed by atoms with Gasteiger partial charge in [-0.3, -0.25) is 4.79 Å². The Hall–Kier alpha value is -2.82. The maximum absolute atomic E-state index is 13.4. The van der Waals surface area contributed by atoms with Gasteiger partial charge in [0.25, 0.3) is 0 Å². The third kappa shape index (κ3) is 4.84. The first-order valence-electron chi connectivity index (χ1n) is 10.8. The van der Waals surface area contributed by atoms with E-state index in [1.807, 2.05) is 61.5 Å². The molecule has 3 rings (SSSR count). The Morgan fingerprint density at radius 2 is 1.93 bits per heavy atom. The molecule has 1 aliphatic heterocycles. The number of ether oxygens (including phenoxy) is 2. The Morgan fingerprint density at radius 1 is 1.17 bits per heavy atom. The van der Waals surface area contributed by atoms with Crippen LogP contribution in [0.5, 0.6) is 5.75 Å². The Balaban J connectivity index is 1.79. The van der Waals surface area contributed by atoms with E-state index >= 15 is 0 Å². The van der Waals surface area contributed by atoms with Gasteiger partial charge in [0, 0.05) is 5.92 Å². The number of hydrogen-bond donors (Lipinski definition) is 0. The predicted molar refractivity (Wildman–Crippen MR) is 116 cm³/mol. The molecule has 0 saturated carbocycles. The lowest BCUT2D eigenvalue weighted by molar-refractivity contribution is -0.133. The second-order valence-corrected chi connectivity index (χ2v) is 7.79. The van der Waals surface area contributed by atoms with Gasteiger partial charge in [0.2, 0.25) is 5.91 Å². The van der Waals surface area contributed by atoms with Gasteiger partial charge < -0.3 is 9.47 Å². The van der Waals surface area contributed by atoms with E-state index in [0.717, 1.165) is 36.1 Å². The highest BCUT2D eigenvalue weighted by molar-refractivity contribution is 5.95. The van der Waals surface area contributed by atoms with E-state index in [4.69, 9.17) is 9.47 Å². The molecule has 0 aromatic heterocycles. The van der Waals surface area contributed by atoms with Crippen molar-refractivity contribution in [3.63, 3.8) is 0 Å². The van der Waals surface area contributed by atoms with Crippen LogP contribution < -0.4 is 4.74 Å².